The van der Waals surface area contributed by atoms with E-state index in [9.17, 15) is 29.4 Å². The number of ether oxygens (including phenoxy) is 2. The van der Waals surface area contributed by atoms with Gasteiger partial charge in [-0.1, -0.05) is 6.92 Å². The van der Waals surface area contributed by atoms with Crippen LogP contribution in [0.25, 0.3) is 0 Å². The van der Waals surface area contributed by atoms with Gasteiger partial charge in [0.2, 0.25) is 0 Å². The molecular weight excluding hydrogens is 396 g/mol. The van der Waals surface area contributed by atoms with Crippen molar-refractivity contribution in [1.82, 2.24) is 0 Å². The Morgan fingerprint density at radius 3 is 1.20 bits per heavy atom. The highest BCUT2D eigenvalue weighted by molar-refractivity contribution is 5.74. The molecule has 0 aliphatic rings. The van der Waals surface area contributed by atoms with Gasteiger partial charge in [0.15, 0.2) is 12.2 Å². The zero-order valence-corrected chi connectivity index (χ0v) is 19.1. The van der Waals surface area contributed by atoms with E-state index in [2.05, 4.69) is 0 Å². The maximum atomic E-state index is 12.2. The lowest BCUT2D eigenvalue weighted by atomic mass is 10.0. The molecule has 0 spiro atoms. The molecule has 0 aliphatic carbocycles. The largest absolute Gasteiger partial charge is 0.550 e. The Hall–Kier alpha value is -2.20. The molecular formula is C20H36N2O8. The van der Waals surface area contributed by atoms with Crippen molar-refractivity contribution in [2.75, 3.05) is 55.4 Å². The molecule has 30 heavy (non-hydrogen) atoms. The molecule has 0 N–H and O–H groups in total. The van der Waals surface area contributed by atoms with Crippen molar-refractivity contribution in [2.24, 2.45) is 5.92 Å². The van der Waals surface area contributed by atoms with Gasteiger partial charge >= 0.3 is 11.9 Å². The molecule has 0 bridgehead atoms. The monoisotopic (exact) mass is 432 g/mol. The molecule has 2 atom stereocenters. The number of carboxylic acids is 2. The van der Waals surface area contributed by atoms with Crippen LogP contribution >= 0.6 is 0 Å². The molecule has 0 aromatic carbocycles. The fourth-order valence-corrected chi connectivity index (χ4v) is 2.99. The fourth-order valence-electron chi connectivity index (χ4n) is 2.99. The van der Waals surface area contributed by atoms with Gasteiger partial charge in [0, 0.05) is 37.6 Å². The van der Waals surface area contributed by atoms with Crippen LogP contribution in [0.3, 0.4) is 0 Å². The minimum absolute atomic E-state index is 0.101. The van der Waals surface area contributed by atoms with E-state index in [0.717, 1.165) is 0 Å². The van der Waals surface area contributed by atoms with Crippen LogP contribution in [0.15, 0.2) is 0 Å². The van der Waals surface area contributed by atoms with Gasteiger partial charge in [0.1, 0.15) is 13.1 Å². The number of carboxylic acid groups (broad SMARTS) is 2. The van der Waals surface area contributed by atoms with Gasteiger partial charge in [-0.2, -0.15) is 0 Å². The number of aliphatic carboxylic acids is 2. The molecule has 10 nitrogen and oxygen atoms in total. The predicted molar refractivity (Wildman–Crippen MR) is 103 cm³/mol. The molecule has 0 saturated carbocycles. The molecule has 0 heterocycles. The van der Waals surface area contributed by atoms with E-state index in [1.54, 1.807) is 6.92 Å². The summed E-state index contributed by atoms with van der Waals surface area (Å²) in [6.45, 7) is 2.25. The van der Waals surface area contributed by atoms with Crippen LogP contribution in [0, 0.1) is 5.92 Å². The van der Waals surface area contributed by atoms with Gasteiger partial charge in [0.05, 0.1) is 42.3 Å². The van der Waals surface area contributed by atoms with Crippen LogP contribution in [-0.2, 0) is 28.7 Å². The van der Waals surface area contributed by atoms with E-state index >= 15 is 0 Å². The number of quaternary nitrogens is 2. The predicted octanol–water partition coefficient (Wildman–Crippen LogP) is -2.08. The number of esters is 2. The summed E-state index contributed by atoms with van der Waals surface area (Å²) in [4.78, 5) is 46.2. The summed E-state index contributed by atoms with van der Waals surface area (Å²) in [7, 11) is 11.0. The Morgan fingerprint density at radius 1 is 0.667 bits per heavy atom. The first-order valence-electron chi connectivity index (χ1n) is 9.86. The van der Waals surface area contributed by atoms with E-state index in [1.165, 1.54) is 0 Å². The average molecular weight is 433 g/mol. The first-order valence-corrected chi connectivity index (χ1v) is 9.86. The molecule has 0 aliphatic heterocycles. The van der Waals surface area contributed by atoms with Crippen LogP contribution in [0.5, 0.6) is 0 Å². The maximum Gasteiger partial charge on any atom is 0.306 e. The van der Waals surface area contributed by atoms with Gasteiger partial charge in [-0.3, -0.25) is 9.59 Å². The number of carbonyl (C=O) groups is 4. The second kappa shape index (κ2) is 11.8. The minimum Gasteiger partial charge on any atom is -0.550 e. The molecule has 2 unspecified atom stereocenters. The van der Waals surface area contributed by atoms with Gasteiger partial charge in [-0.15, -0.1) is 0 Å². The van der Waals surface area contributed by atoms with Crippen molar-refractivity contribution < 1.29 is 47.8 Å². The van der Waals surface area contributed by atoms with Crippen molar-refractivity contribution in [2.45, 2.75) is 44.8 Å². The van der Waals surface area contributed by atoms with E-state index in [4.69, 9.17) is 9.47 Å². The third-order valence-corrected chi connectivity index (χ3v) is 3.92. The van der Waals surface area contributed by atoms with Crippen LogP contribution in [-0.4, -0.2) is 100 Å². The van der Waals surface area contributed by atoms with Crippen LogP contribution < -0.4 is 10.2 Å². The van der Waals surface area contributed by atoms with Crippen molar-refractivity contribution in [3.8, 4) is 0 Å². The summed E-state index contributed by atoms with van der Waals surface area (Å²) in [6.07, 6.45) is -2.69. The summed E-state index contributed by atoms with van der Waals surface area (Å²) in [5, 5.41) is 21.8. The Morgan fingerprint density at radius 2 is 0.967 bits per heavy atom. The van der Waals surface area contributed by atoms with Gasteiger partial charge in [0.25, 0.3) is 0 Å². The van der Waals surface area contributed by atoms with Crippen molar-refractivity contribution in [3.63, 3.8) is 0 Å². The lowest BCUT2D eigenvalue weighted by Gasteiger charge is -2.29. The molecule has 0 fully saturated rings. The second-order valence-corrected chi connectivity index (χ2v) is 9.84. The Labute approximate surface area is 178 Å². The SMILES string of the molecule is CC(CC(=O)OC(CC(=O)[O-])C[N+](C)(C)C)CC(=O)OC(CC(=O)[O-])C[N+](C)(C)C. The Bertz CT molecular complexity index is 555. The molecule has 0 saturated heterocycles. The van der Waals surface area contributed by atoms with Gasteiger partial charge in [-0.05, 0) is 5.92 Å². The molecule has 0 rings (SSSR count). The zero-order valence-electron chi connectivity index (χ0n) is 19.1. The summed E-state index contributed by atoms with van der Waals surface area (Å²) >= 11 is 0. The van der Waals surface area contributed by atoms with Crippen LogP contribution in [0.4, 0.5) is 0 Å². The quantitative estimate of drug-likeness (QED) is 0.226. The maximum absolute atomic E-state index is 12.2. The van der Waals surface area contributed by atoms with Crippen molar-refractivity contribution in [3.05, 3.63) is 0 Å². The molecule has 0 radical (unpaired) electrons. The van der Waals surface area contributed by atoms with E-state index in [0.29, 0.717) is 22.1 Å². The second-order valence-electron chi connectivity index (χ2n) is 9.84. The number of likely N-dealkylation sites (N-methyl/N-ethyl adjacent to an activating group) is 2. The fraction of sp³-hybridized carbons (Fsp3) is 0.800. The third-order valence-electron chi connectivity index (χ3n) is 3.92. The standard InChI is InChI=1S/C20H36N2O8/c1-14(8-19(27)29-15(10-17(23)24)12-21(2,3)4)9-20(28)30-16(11-18(25)26)13-22(5,6)7/h14-16H,8-13H2,1-7H3. The molecule has 0 aromatic rings. The number of rotatable bonds is 14. The summed E-state index contributed by atoms with van der Waals surface area (Å²) in [6, 6.07) is 0. The molecule has 0 aromatic heterocycles. The van der Waals surface area contributed by atoms with E-state index < -0.39 is 54.8 Å². The topological polar surface area (TPSA) is 133 Å². The minimum atomic E-state index is -1.31. The summed E-state index contributed by atoms with van der Waals surface area (Å²) < 4.78 is 11.4. The average Bonchev–Trinajstić information content (AvgIpc) is 2.40. The molecule has 0 amide bonds. The molecule has 10 heteroatoms. The normalized spacial score (nSPS) is 15.0. The number of hydrogen-bond acceptors (Lipinski definition) is 8. The highest BCUT2D eigenvalue weighted by Crippen LogP contribution is 2.14. The smallest absolute Gasteiger partial charge is 0.306 e. The zero-order chi connectivity index (χ0) is 23.7. The van der Waals surface area contributed by atoms with Gasteiger partial charge in [-0.25, -0.2) is 0 Å². The summed E-state index contributed by atoms with van der Waals surface area (Å²) in [5.41, 5.74) is 0. The van der Waals surface area contributed by atoms with Crippen molar-refractivity contribution >= 4 is 23.9 Å². The van der Waals surface area contributed by atoms with Crippen molar-refractivity contribution in [1.29, 1.82) is 0 Å². The Balaban J connectivity index is 4.74. The number of nitrogens with zero attached hydrogens (tertiary/aromatic N) is 2. The van der Waals surface area contributed by atoms with E-state index in [-0.39, 0.29) is 12.8 Å². The summed E-state index contributed by atoms with van der Waals surface area (Å²) in [5.74, 6) is -4.28. The first-order chi connectivity index (χ1) is 13.5. The van der Waals surface area contributed by atoms with E-state index in [1.807, 2.05) is 42.3 Å². The van der Waals surface area contributed by atoms with Crippen LogP contribution in [0.1, 0.15) is 32.6 Å². The highest BCUT2D eigenvalue weighted by atomic mass is 16.6. The number of carbonyl (C=O) groups excluding carboxylic acids is 4. The first kappa shape index (κ1) is 27.8. The highest BCUT2D eigenvalue weighted by Gasteiger charge is 2.26. The number of hydrogen-bond donors (Lipinski definition) is 0. The molecule has 174 valence electrons. The lowest BCUT2D eigenvalue weighted by Crippen LogP contribution is -2.45. The Kier molecular flexibility index (Phi) is 11.0. The van der Waals surface area contributed by atoms with Crippen LogP contribution in [0.2, 0.25) is 0 Å². The third kappa shape index (κ3) is 15.7. The van der Waals surface area contributed by atoms with Gasteiger partial charge < -0.3 is 38.2 Å². The lowest BCUT2D eigenvalue weighted by molar-refractivity contribution is -0.873.